The first kappa shape index (κ1) is 24.3. The van der Waals surface area contributed by atoms with Gasteiger partial charge in [0.2, 0.25) is 5.91 Å². The molecule has 0 bridgehead atoms. The van der Waals surface area contributed by atoms with E-state index in [0.29, 0.717) is 0 Å². The molecule has 1 aliphatic rings. The zero-order valence-electron chi connectivity index (χ0n) is 19.0. The van der Waals surface area contributed by atoms with Gasteiger partial charge in [-0.1, -0.05) is 78.3 Å². The van der Waals surface area contributed by atoms with Gasteiger partial charge in [0.25, 0.3) is 0 Å². The van der Waals surface area contributed by atoms with Crippen molar-refractivity contribution < 1.29 is 24.2 Å². The summed E-state index contributed by atoms with van der Waals surface area (Å²) in [7, 11) is 0. The Bertz CT molecular complexity index is 1220. The molecule has 8 heteroatoms. The first-order chi connectivity index (χ1) is 16.8. The van der Waals surface area contributed by atoms with E-state index in [1.807, 2.05) is 36.4 Å². The van der Waals surface area contributed by atoms with E-state index in [9.17, 15) is 19.5 Å². The highest BCUT2D eigenvalue weighted by molar-refractivity contribution is 6.31. The Morgan fingerprint density at radius 2 is 1.49 bits per heavy atom. The van der Waals surface area contributed by atoms with Crippen LogP contribution in [0, 0.1) is 0 Å². The van der Waals surface area contributed by atoms with Crippen LogP contribution in [-0.2, 0) is 14.3 Å². The molecule has 3 aromatic carbocycles. The lowest BCUT2D eigenvalue weighted by atomic mass is 9.98. The van der Waals surface area contributed by atoms with Crippen LogP contribution in [0.4, 0.5) is 4.79 Å². The number of amides is 2. The summed E-state index contributed by atoms with van der Waals surface area (Å²) in [6, 6.07) is 20.6. The molecular formula is C27H25ClN2O5. The van der Waals surface area contributed by atoms with Crippen LogP contribution in [0.2, 0.25) is 5.02 Å². The van der Waals surface area contributed by atoms with Crippen molar-refractivity contribution in [1.29, 1.82) is 0 Å². The summed E-state index contributed by atoms with van der Waals surface area (Å²) in [5.41, 5.74) is 4.76. The standard InChI is InChI=1S/C27H25ClN2O5/c1-16(14-24(31)30-25(26(32)33)21-12-6-7-13-23(21)28)29-27(34)35-15-22-19-10-4-2-8-17(19)18-9-3-5-11-20(18)22/h2-13,16,22,25H,14-15H2,1H3,(H,29,34)(H,30,31)(H,32,33)/t16?,25-/m1/s1. The molecule has 0 radical (unpaired) electrons. The zero-order chi connectivity index (χ0) is 24.9. The maximum atomic E-state index is 12.5. The summed E-state index contributed by atoms with van der Waals surface area (Å²) in [5, 5.41) is 14.9. The summed E-state index contributed by atoms with van der Waals surface area (Å²) >= 11 is 6.08. The van der Waals surface area contributed by atoms with Gasteiger partial charge >= 0.3 is 12.1 Å². The maximum Gasteiger partial charge on any atom is 0.407 e. The van der Waals surface area contributed by atoms with Gasteiger partial charge in [-0.2, -0.15) is 0 Å². The predicted molar refractivity (Wildman–Crippen MR) is 132 cm³/mol. The number of carboxylic acids is 1. The molecule has 4 rings (SSSR count). The lowest BCUT2D eigenvalue weighted by Crippen LogP contribution is -2.40. The Kier molecular flexibility index (Phi) is 7.36. The Morgan fingerprint density at radius 3 is 2.09 bits per heavy atom. The first-order valence-electron chi connectivity index (χ1n) is 11.2. The number of nitrogens with one attached hydrogen (secondary N) is 2. The van der Waals surface area contributed by atoms with Crippen LogP contribution < -0.4 is 10.6 Å². The second-order valence-corrected chi connectivity index (χ2v) is 8.84. The number of carbonyl (C=O) groups is 3. The monoisotopic (exact) mass is 492 g/mol. The zero-order valence-corrected chi connectivity index (χ0v) is 19.8. The van der Waals surface area contributed by atoms with E-state index in [0.717, 1.165) is 22.3 Å². The van der Waals surface area contributed by atoms with Gasteiger partial charge in [0.05, 0.1) is 0 Å². The van der Waals surface area contributed by atoms with Crippen molar-refractivity contribution in [2.24, 2.45) is 0 Å². The van der Waals surface area contributed by atoms with Gasteiger partial charge in [-0.05, 0) is 35.2 Å². The van der Waals surface area contributed by atoms with Gasteiger partial charge in [-0.3, -0.25) is 4.79 Å². The largest absolute Gasteiger partial charge is 0.479 e. The number of aliphatic carboxylic acids is 1. The SMILES string of the molecule is CC(CC(=O)N[C@@H](C(=O)O)c1ccccc1Cl)NC(=O)OCC1c2ccccc2-c2ccccc21. The van der Waals surface area contributed by atoms with E-state index in [1.54, 1.807) is 31.2 Å². The van der Waals surface area contributed by atoms with Crippen LogP contribution in [0.25, 0.3) is 11.1 Å². The quantitative estimate of drug-likeness (QED) is 0.415. The van der Waals surface area contributed by atoms with Gasteiger partial charge in [-0.25, -0.2) is 9.59 Å². The summed E-state index contributed by atoms with van der Waals surface area (Å²) < 4.78 is 5.50. The van der Waals surface area contributed by atoms with Crippen molar-refractivity contribution in [3.05, 3.63) is 94.5 Å². The molecule has 0 aromatic heterocycles. The molecule has 35 heavy (non-hydrogen) atoms. The molecule has 2 atom stereocenters. The van der Waals surface area contributed by atoms with Crippen LogP contribution in [0.3, 0.4) is 0 Å². The fraction of sp³-hybridized carbons (Fsp3) is 0.222. The number of rotatable bonds is 8. The molecule has 0 heterocycles. The smallest absolute Gasteiger partial charge is 0.407 e. The van der Waals surface area contributed by atoms with Crippen LogP contribution in [-0.4, -0.2) is 35.7 Å². The van der Waals surface area contributed by atoms with Crippen LogP contribution in [0.15, 0.2) is 72.8 Å². The highest BCUT2D eigenvalue weighted by Gasteiger charge is 2.29. The normalized spacial score (nSPS) is 13.8. The summed E-state index contributed by atoms with van der Waals surface area (Å²) in [5.74, 6) is -1.84. The third-order valence-electron chi connectivity index (χ3n) is 5.97. The summed E-state index contributed by atoms with van der Waals surface area (Å²) in [6.45, 7) is 1.80. The molecule has 0 aliphatic heterocycles. The van der Waals surface area contributed by atoms with E-state index < -0.39 is 30.1 Å². The first-order valence-corrected chi connectivity index (χ1v) is 11.6. The Labute approximate surface area is 208 Å². The molecule has 3 N–H and O–H groups in total. The minimum Gasteiger partial charge on any atom is -0.479 e. The average molecular weight is 493 g/mol. The number of hydrogen-bond acceptors (Lipinski definition) is 4. The minimum absolute atomic E-state index is 0.0706. The van der Waals surface area contributed by atoms with E-state index in [1.165, 1.54) is 0 Å². The van der Waals surface area contributed by atoms with E-state index >= 15 is 0 Å². The van der Waals surface area contributed by atoms with Gasteiger partial charge in [0.15, 0.2) is 6.04 Å². The number of carbonyl (C=O) groups excluding carboxylic acids is 2. The number of carboxylic acid groups (broad SMARTS) is 1. The third-order valence-corrected chi connectivity index (χ3v) is 6.31. The van der Waals surface area contributed by atoms with Gasteiger partial charge in [-0.15, -0.1) is 0 Å². The predicted octanol–water partition coefficient (Wildman–Crippen LogP) is 4.90. The van der Waals surface area contributed by atoms with Crippen LogP contribution in [0.1, 0.15) is 42.0 Å². The average Bonchev–Trinajstić information content (AvgIpc) is 3.15. The molecular weight excluding hydrogens is 468 g/mol. The van der Waals surface area contributed by atoms with Crippen LogP contribution >= 0.6 is 11.6 Å². The number of fused-ring (bicyclic) bond motifs is 3. The molecule has 1 unspecified atom stereocenters. The fourth-order valence-electron chi connectivity index (χ4n) is 4.37. The second-order valence-electron chi connectivity index (χ2n) is 8.44. The molecule has 2 amide bonds. The van der Waals surface area contributed by atoms with E-state index in [2.05, 4.69) is 22.8 Å². The van der Waals surface area contributed by atoms with Crippen molar-refractivity contribution in [3.63, 3.8) is 0 Å². The highest BCUT2D eigenvalue weighted by Crippen LogP contribution is 2.44. The molecule has 180 valence electrons. The molecule has 3 aromatic rings. The summed E-state index contributed by atoms with van der Waals surface area (Å²) in [4.78, 5) is 36.6. The topological polar surface area (TPSA) is 105 Å². The molecule has 0 saturated heterocycles. The van der Waals surface area contributed by atoms with Crippen molar-refractivity contribution in [2.75, 3.05) is 6.61 Å². The molecule has 0 fully saturated rings. The van der Waals surface area contributed by atoms with E-state index in [-0.39, 0.29) is 29.5 Å². The van der Waals surface area contributed by atoms with Crippen molar-refractivity contribution >= 4 is 29.6 Å². The Morgan fingerprint density at radius 1 is 0.914 bits per heavy atom. The van der Waals surface area contributed by atoms with E-state index in [4.69, 9.17) is 16.3 Å². The minimum atomic E-state index is -1.29. The maximum absolute atomic E-state index is 12.5. The number of benzene rings is 3. The number of hydrogen-bond donors (Lipinski definition) is 3. The molecule has 7 nitrogen and oxygen atoms in total. The Balaban J connectivity index is 1.32. The lowest BCUT2D eigenvalue weighted by Gasteiger charge is -2.19. The van der Waals surface area contributed by atoms with Crippen molar-refractivity contribution in [2.45, 2.75) is 31.3 Å². The number of ether oxygens (including phenoxy) is 1. The molecule has 1 aliphatic carbocycles. The van der Waals surface area contributed by atoms with Gasteiger partial charge < -0.3 is 20.5 Å². The second kappa shape index (κ2) is 10.6. The molecule has 0 saturated carbocycles. The van der Waals surface area contributed by atoms with Crippen molar-refractivity contribution in [1.82, 2.24) is 10.6 Å². The lowest BCUT2D eigenvalue weighted by molar-refractivity contribution is -0.142. The van der Waals surface area contributed by atoms with Crippen LogP contribution in [0.5, 0.6) is 0 Å². The number of alkyl carbamates (subject to hydrolysis) is 1. The fourth-order valence-corrected chi connectivity index (χ4v) is 4.62. The molecule has 0 spiro atoms. The highest BCUT2D eigenvalue weighted by atomic mass is 35.5. The third kappa shape index (κ3) is 5.46. The Hall–Kier alpha value is -3.84. The van der Waals surface area contributed by atoms with Crippen molar-refractivity contribution in [3.8, 4) is 11.1 Å². The number of halogens is 1. The van der Waals surface area contributed by atoms with Gasteiger partial charge in [0, 0.05) is 29.0 Å². The van der Waals surface area contributed by atoms with Gasteiger partial charge in [0.1, 0.15) is 6.61 Å². The summed E-state index contributed by atoms with van der Waals surface area (Å²) in [6.07, 6.45) is -0.772.